The molecule has 0 aromatic rings. The van der Waals surface area contributed by atoms with Crippen molar-refractivity contribution in [1.29, 1.82) is 0 Å². The van der Waals surface area contributed by atoms with Crippen LogP contribution in [-0.2, 0) is 0 Å². The van der Waals surface area contributed by atoms with E-state index in [2.05, 4.69) is 12.2 Å². The summed E-state index contributed by atoms with van der Waals surface area (Å²) in [4.78, 5) is 0. The molecule has 0 heterocycles. The number of allylic oxidation sites excluding steroid dienone is 2. The molecule has 0 fully saturated rings. The Morgan fingerprint density at radius 3 is 2.55 bits per heavy atom. The number of hydrogen-bond donors (Lipinski definition) is 0. The molecule has 0 amide bonds. The van der Waals surface area contributed by atoms with Crippen LogP contribution in [0.5, 0.6) is 0 Å². The number of hydrogen-bond acceptors (Lipinski definition) is 1. The summed E-state index contributed by atoms with van der Waals surface area (Å²) in [7, 11) is 0. The maximum Gasteiger partial charge on any atom is 0.112 e. The molecule has 0 aromatic carbocycles. The monoisotopic (exact) mass is 174 g/mol. The van der Waals surface area contributed by atoms with Gasteiger partial charge < -0.3 is 0 Å². The molecule has 11 heavy (non-hydrogen) atoms. The molecule has 1 aliphatic carbocycles. The predicted molar refractivity (Wildman–Crippen MR) is 49.8 cm³/mol. The second-order valence-corrected chi connectivity index (χ2v) is 3.99. The van der Waals surface area contributed by atoms with Gasteiger partial charge in [-0.05, 0) is 31.9 Å². The summed E-state index contributed by atoms with van der Waals surface area (Å²) in [6, 6.07) is 0. The van der Waals surface area contributed by atoms with Gasteiger partial charge in [0, 0.05) is 5.25 Å². The van der Waals surface area contributed by atoms with Crippen LogP contribution in [0.15, 0.2) is 12.2 Å². The highest BCUT2D eigenvalue weighted by Gasteiger charge is 2.19. The van der Waals surface area contributed by atoms with Crippen LogP contribution in [0.1, 0.15) is 25.7 Å². The number of thioether (sulfide) groups is 1. The van der Waals surface area contributed by atoms with Crippen LogP contribution in [-0.4, -0.2) is 17.7 Å². The summed E-state index contributed by atoms with van der Waals surface area (Å²) in [5.41, 5.74) is 0. The van der Waals surface area contributed by atoms with Crippen molar-refractivity contribution in [3.05, 3.63) is 12.2 Å². The Hall–Kier alpha value is 0.0200. The van der Waals surface area contributed by atoms with Crippen LogP contribution in [0, 0.1) is 0 Å². The Labute approximate surface area is 72.3 Å². The van der Waals surface area contributed by atoms with E-state index in [1.807, 2.05) is 6.26 Å². The lowest BCUT2D eigenvalue weighted by atomic mass is 10.0. The third-order valence-electron chi connectivity index (χ3n) is 2.10. The smallest absolute Gasteiger partial charge is 0.112 e. The van der Waals surface area contributed by atoms with Crippen molar-refractivity contribution < 1.29 is 4.39 Å². The molecule has 1 rings (SSSR count). The number of alkyl halides is 1. The summed E-state index contributed by atoms with van der Waals surface area (Å²) in [6.07, 6.45) is 9.36. The predicted octanol–water partition coefficient (Wildman–Crippen LogP) is 3.19. The Bertz CT molecular complexity index is 134. The normalized spacial score (nSPS) is 35.8. The van der Waals surface area contributed by atoms with Gasteiger partial charge in [-0.2, -0.15) is 11.8 Å². The molecule has 0 unspecified atom stereocenters. The van der Waals surface area contributed by atoms with Crippen molar-refractivity contribution in [3.63, 3.8) is 0 Å². The van der Waals surface area contributed by atoms with Crippen molar-refractivity contribution >= 4 is 11.8 Å². The molecule has 2 heteroatoms. The zero-order chi connectivity index (χ0) is 8.10. The minimum atomic E-state index is -0.588. The summed E-state index contributed by atoms with van der Waals surface area (Å²) < 4.78 is 13.2. The van der Waals surface area contributed by atoms with E-state index in [0.717, 1.165) is 19.3 Å². The van der Waals surface area contributed by atoms with Crippen LogP contribution in [0.4, 0.5) is 4.39 Å². The van der Waals surface area contributed by atoms with Crippen molar-refractivity contribution in [2.45, 2.75) is 37.1 Å². The lowest BCUT2D eigenvalue weighted by Gasteiger charge is -2.19. The molecule has 0 radical (unpaired) electrons. The highest BCUT2D eigenvalue weighted by molar-refractivity contribution is 7.99. The molecule has 0 saturated heterocycles. The van der Waals surface area contributed by atoms with E-state index in [1.54, 1.807) is 11.8 Å². The summed E-state index contributed by atoms with van der Waals surface area (Å²) in [5, 5.41) is 0.236. The third kappa shape index (κ3) is 2.86. The van der Waals surface area contributed by atoms with Crippen molar-refractivity contribution in [2.75, 3.05) is 6.26 Å². The van der Waals surface area contributed by atoms with Crippen LogP contribution in [0.3, 0.4) is 0 Å². The van der Waals surface area contributed by atoms with E-state index < -0.39 is 6.17 Å². The molecule has 0 nitrogen and oxygen atoms in total. The fraction of sp³-hybridized carbons (Fsp3) is 0.778. The van der Waals surface area contributed by atoms with E-state index in [9.17, 15) is 4.39 Å². The number of halogens is 1. The van der Waals surface area contributed by atoms with Gasteiger partial charge in [-0.25, -0.2) is 4.39 Å². The molecule has 1 aliphatic rings. The average Bonchev–Trinajstić information content (AvgIpc) is 1.98. The molecule has 0 N–H and O–H groups in total. The molecular formula is C9H15FS. The number of rotatable bonds is 1. The molecule has 0 aromatic heterocycles. The van der Waals surface area contributed by atoms with E-state index in [4.69, 9.17) is 0 Å². The summed E-state index contributed by atoms with van der Waals surface area (Å²) in [5.74, 6) is 0. The average molecular weight is 174 g/mol. The highest BCUT2D eigenvalue weighted by atomic mass is 32.2. The van der Waals surface area contributed by atoms with Crippen molar-refractivity contribution in [3.8, 4) is 0 Å². The van der Waals surface area contributed by atoms with Gasteiger partial charge in [-0.15, -0.1) is 0 Å². The maximum atomic E-state index is 13.2. The standard InChI is InChI=1S/C9H15FS/c1-11-9-7-5-3-2-4-6-8(9)10/h2-3,8-9H,4-7H2,1H3/b3-2-/t8-,9-/m1/s1. The van der Waals surface area contributed by atoms with Gasteiger partial charge in [0.15, 0.2) is 0 Å². The first-order valence-electron chi connectivity index (χ1n) is 4.16. The van der Waals surface area contributed by atoms with Gasteiger partial charge >= 0.3 is 0 Å². The summed E-state index contributed by atoms with van der Waals surface area (Å²) in [6.45, 7) is 0. The lowest BCUT2D eigenvalue weighted by molar-refractivity contribution is 0.299. The fourth-order valence-electron chi connectivity index (χ4n) is 1.38. The highest BCUT2D eigenvalue weighted by Crippen LogP contribution is 2.24. The first kappa shape index (κ1) is 9.11. The van der Waals surface area contributed by atoms with Gasteiger partial charge in [0.25, 0.3) is 0 Å². The lowest BCUT2D eigenvalue weighted by Crippen LogP contribution is -2.18. The quantitative estimate of drug-likeness (QED) is 0.550. The van der Waals surface area contributed by atoms with Gasteiger partial charge in [-0.1, -0.05) is 12.2 Å². The SMILES string of the molecule is CS[C@@H]1CC/C=C\CC[C@H]1F. The van der Waals surface area contributed by atoms with Crippen LogP contribution < -0.4 is 0 Å². The van der Waals surface area contributed by atoms with E-state index in [1.165, 1.54) is 0 Å². The third-order valence-corrected chi connectivity index (χ3v) is 3.24. The van der Waals surface area contributed by atoms with Crippen molar-refractivity contribution in [1.82, 2.24) is 0 Å². The second-order valence-electron chi connectivity index (χ2n) is 2.92. The molecule has 0 spiro atoms. The Kier molecular flexibility index (Phi) is 3.98. The molecule has 0 aliphatic heterocycles. The Morgan fingerprint density at radius 1 is 1.27 bits per heavy atom. The topological polar surface area (TPSA) is 0 Å². The van der Waals surface area contributed by atoms with Crippen LogP contribution in [0.25, 0.3) is 0 Å². The van der Waals surface area contributed by atoms with Gasteiger partial charge in [0.2, 0.25) is 0 Å². The van der Waals surface area contributed by atoms with E-state index >= 15 is 0 Å². The minimum absolute atomic E-state index is 0.236. The maximum absolute atomic E-state index is 13.2. The largest absolute Gasteiger partial charge is 0.246 e. The van der Waals surface area contributed by atoms with Gasteiger partial charge in [0.05, 0.1) is 0 Å². The first-order chi connectivity index (χ1) is 5.34. The Morgan fingerprint density at radius 2 is 1.91 bits per heavy atom. The summed E-state index contributed by atoms with van der Waals surface area (Å²) >= 11 is 1.67. The zero-order valence-electron chi connectivity index (χ0n) is 6.92. The van der Waals surface area contributed by atoms with Gasteiger partial charge in [-0.3, -0.25) is 0 Å². The fourth-order valence-corrected chi connectivity index (χ4v) is 2.19. The van der Waals surface area contributed by atoms with Crippen LogP contribution in [0.2, 0.25) is 0 Å². The zero-order valence-corrected chi connectivity index (χ0v) is 7.74. The Balaban J connectivity index is 2.43. The molecular weight excluding hydrogens is 159 g/mol. The van der Waals surface area contributed by atoms with Crippen molar-refractivity contribution in [2.24, 2.45) is 0 Å². The first-order valence-corrected chi connectivity index (χ1v) is 5.45. The van der Waals surface area contributed by atoms with Gasteiger partial charge in [0.1, 0.15) is 6.17 Å². The molecule has 0 bridgehead atoms. The van der Waals surface area contributed by atoms with E-state index in [0.29, 0.717) is 6.42 Å². The van der Waals surface area contributed by atoms with Crippen LogP contribution >= 0.6 is 11.8 Å². The minimum Gasteiger partial charge on any atom is -0.246 e. The molecule has 64 valence electrons. The molecule has 0 saturated carbocycles. The van der Waals surface area contributed by atoms with E-state index in [-0.39, 0.29) is 5.25 Å². The molecule has 2 atom stereocenters. The second kappa shape index (κ2) is 4.81.